The number of carbonyl (C=O) groups is 2. The standard InChI is InChI=1S/C75H145NO5/c1-3-5-7-9-11-13-15-17-19-21-22-23-27-30-33-36-39-43-47-51-55-59-63-67-73(78)72(71-77)76-74(79)68-64-60-56-52-48-44-40-37-34-31-28-25-24-26-29-32-35-38-42-46-50-54-58-62-66-70-81-75(80)69-65-61-57-53-49-45-41-20-18-16-14-12-10-8-6-4-2/h20,41,63,67,72-73,77-78H,3-19,21-40,42-62,64-66,68-71H2,1-2H3,(H,76,79)/b41-20-,67-63+. The van der Waals surface area contributed by atoms with Gasteiger partial charge in [0.15, 0.2) is 0 Å². The maximum absolute atomic E-state index is 12.5. The molecule has 0 spiro atoms. The number of rotatable bonds is 70. The number of hydrogen-bond acceptors (Lipinski definition) is 5. The lowest BCUT2D eigenvalue weighted by atomic mass is 10.0. The van der Waals surface area contributed by atoms with Crippen LogP contribution in [0, 0.1) is 0 Å². The van der Waals surface area contributed by atoms with Crippen molar-refractivity contribution in [3.05, 3.63) is 24.3 Å². The Balaban J connectivity index is 3.38. The highest BCUT2D eigenvalue weighted by molar-refractivity contribution is 5.76. The van der Waals surface area contributed by atoms with Crippen molar-refractivity contribution < 1.29 is 24.5 Å². The number of aliphatic hydroxyl groups is 2. The van der Waals surface area contributed by atoms with E-state index in [1.807, 2.05) is 6.08 Å². The molecule has 0 saturated carbocycles. The summed E-state index contributed by atoms with van der Waals surface area (Å²) in [5, 5.41) is 23.3. The predicted octanol–water partition coefficient (Wildman–Crippen LogP) is 24.1. The molecule has 2 atom stereocenters. The van der Waals surface area contributed by atoms with Gasteiger partial charge in [0.1, 0.15) is 0 Å². The van der Waals surface area contributed by atoms with Crippen LogP contribution in [0.2, 0.25) is 0 Å². The van der Waals surface area contributed by atoms with Crippen molar-refractivity contribution in [2.45, 2.75) is 431 Å². The van der Waals surface area contributed by atoms with Crippen molar-refractivity contribution in [1.82, 2.24) is 5.32 Å². The zero-order valence-electron chi connectivity index (χ0n) is 55.0. The highest BCUT2D eigenvalue weighted by atomic mass is 16.5. The number of carbonyl (C=O) groups excluding carboxylic acids is 2. The van der Waals surface area contributed by atoms with Crippen molar-refractivity contribution in [3.63, 3.8) is 0 Å². The lowest BCUT2D eigenvalue weighted by Crippen LogP contribution is -2.45. The molecule has 0 heterocycles. The van der Waals surface area contributed by atoms with Gasteiger partial charge in [-0.1, -0.05) is 372 Å². The van der Waals surface area contributed by atoms with Crippen LogP contribution in [-0.4, -0.2) is 47.4 Å². The molecule has 480 valence electrons. The first-order valence-corrected chi connectivity index (χ1v) is 37.1. The van der Waals surface area contributed by atoms with Crippen LogP contribution in [0.15, 0.2) is 24.3 Å². The van der Waals surface area contributed by atoms with Gasteiger partial charge in [0.05, 0.1) is 25.4 Å². The average Bonchev–Trinajstić information content (AvgIpc) is 3.47. The molecule has 1 amide bonds. The molecule has 0 saturated heterocycles. The molecular weight excluding hydrogens is 995 g/mol. The van der Waals surface area contributed by atoms with E-state index in [1.54, 1.807) is 6.08 Å². The second kappa shape index (κ2) is 70.8. The number of unbranched alkanes of at least 4 members (excludes halogenated alkanes) is 57. The normalized spacial score (nSPS) is 12.6. The maximum atomic E-state index is 12.5. The molecule has 0 aromatic carbocycles. The van der Waals surface area contributed by atoms with Gasteiger partial charge in [-0.05, 0) is 57.8 Å². The Kier molecular flexibility index (Phi) is 69.4. The Morgan fingerprint density at radius 1 is 0.333 bits per heavy atom. The third-order valence-corrected chi connectivity index (χ3v) is 17.5. The summed E-state index contributed by atoms with van der Waals surface area (Å²) in [6.45, 7) is 4.94. The fourth-order valence-electron chi connectivity index (χ4n) is 11.8. The topological polar surface area (TPSA) is 95.9 Å². The molecule has 0 aliphatic carbocycles. The molecule has 0 radical (unpaired) electrons. The van der Waals surface area contributed by atoms with Crippen LogP contribution in [-0.2, 0) is 14.3 Å². The molecule has 0 aliphatic heterocycles. The molecule has 81 heavy (non-hydrogen) atoms. The molecule has 0 aliphatic rings. The molecule has 0 fully saturated rings. The van der Waals surface area contributed by atoms with Gasteiger partial charge >= 0.3 is 5.97 Å². The zero-order valence-corrected chi connectivity index (χ0v) is 55.0. The largest absolute Gasteiger partial charge is 0.466 e. The van der Waals surface area contributed by atoms with E-state index >= 15 is 0 Å². The predicted molar refractivity (Wildman–Crippen MR) is 356 cm³/mol. The Labute approximate surface area is 507 Å². The van der Waals surface area contributed by atoms with Crippen LogP contribution in [0.1, 0.15) is 418 Å². The first-order chi connectivity index (χ1) is 40.0. The number of allylic oxidation sites excluding steroid dienone is 3. The highest BCUT2D eigenvalue weighted by Gasteiger charge is 2.18. The minimum Gasteiger partial charge on any atom is -0.466 e. The quantitative estimate of drug-likeness (QED) is 0.0320. The van der Waals surface area contributed by atoms with Gasteiger partial charge in [-0.2, -0.15) is 0 Å². The molecule has 2 unspecified atom stereocenters. The van der Waals surface area contributed by atoms with Gasteiger partial charge < -0.3 is 20.3 Å². The lowest BCUT2D eigenvalue weighted by molar-refractivity contribution is -0.143. The van der Waals surface area contributed by atoms with Crippen molar-refractivity contribution >= 4 is 11.9 Å². The SMILES string of the molecule is CCCCCCCCC/C=C\CCCCCCCC(=O)OCCCCCCCCCCCCCCCCCCCCCCCCCCCC(=O)NC(CO)C(O)/C=C/CCCCCCCCCCCCCCCCCCCCCCC. The molecule has 6 heteroatoms. The summed E-state index contributed by atoms with van der Waals surface area (Å²) in [5.74, 6) is -0.0520. The Morgan fingerprint density at radius 3 is 0.877 bits per heavy atom. The summed E-state index contributed by atoms with van der Waals surface area (Å²) in [7, 11) is 0. The van der Waals surface area contributed by atoms with E-state index in [0.29, 0.717) is 19.4 Å². The first-order valence-electron chi connectivity index (χ1n) is 37.1. The third kappa shape index (κ3) is 67.3. The van der Waals surface area contributed by atoms with Gasteiger partial charge in [-0.3, -0.25) is 9.59 Å². The molecule has 0 aromatic rings. The van der Waals surface area contributed by atoms with Crippen LogP contribution >= 0.6 is 0 Å². The monoisotopic (exact) mass is 1140 g/mol. The van der Waals surface area contributed by atoms with Crippen LogP contribution in [0.3, 0.4) is 0 Å². The van der Waals surface area contributed by atoms with Gasteiger partial charge in [0, 0.05) is 12.8 Å². The fourth-order valence-corrected chi connectivity index (χ4v) is 11.8. The number of amides is 1. The van der Waals surface area contributed by atoms with E-state index < -0.39 is 12.1 Å². The third-order valence-electron chi connectivity index (χ3n) is 17.5. The van der Waals surface area contributed by atoms with E-state index in [9.17, 15) is 19.8 Å². The van der Waals surface area contributed by atoms with Crippen LogP contribution < -0.4 is 5.32 Å². The molecule has 0 aromatic heterocycles. The smallest absolute Gasteiger partial charge is 0.305 e. The minimum atomic E-state index is -0.845. The fraction of sp³-hybridized carbons (Fsp3) is 0.920. The summed E-state index contributed by atoms with van der Waals surface area (Å²) in [5.41, 5.74) is 0. The van der Waals surface area contributed by atoms with Crippen molar-refractivity contribution in [3.8, 4) is 0 Å². The number of aliphatic hydroxyl groups excluding tert-OH is 2. The highest BCUT2D eigenvalue weighted by Crippen LogP contribution is 2.19. The Bertz CT molecular complexity index is 1270. The van der Waals surface area contributed by atoms with E-state index in [-0.39, 0.29) is 18.5 Å². The van der Waals surface area contributed by atoms with E-state index in [2.05, 4.69) is 31.3 Å². The molecule has 0 bridgehead atoms. The first kappa shape index (κ1) is 79.3. The number of nitrogens with one attached hydrogen (secondary N) is 1. The van der Waals surface area contributed by atoms with Gasteiger partial charge in [-0.15, -0.1) is 0 Å². The van der Waals surface area contributed by atoms with Crippen molar-refractivity contribution in [2.75, 3.05) is 13.2 Å². The second-order valence-corrected chi connectivity index (χ2v) is 25.6. The summed E-state index contributed by atoms with van der Waals surface area (Å²) in [4.78, 5) is 24.6. The van der Waals surface area contributed by atoms with Crippen LogP contribution in [0.25, 0.3) is 0 Å². The minimum absolute atomic E-state index is 0.00957. The Morgan fingerprint density at radius 2 is 0.580 bits per heavy atom. The molecular formula is C75H145NO5. The number of hydrogen-bond donors (Lipinski definition) is 3. The average molecular weight is 1140 g/mol. The van der Waals surface area contributed by atoms with Gasteiger partial charge in [0.25, 0.3) is 0 Å². The maximum Gasteiger partial charge on any atom is 0.305 e. The van der Waals surface area contributed by atoms with Gasteiger partial charge in [-0.25, -0.2) is 0 Å². The summed E-state index contributed by atoms with van der Waals surface area (Å²) < 4.78 is 5.50. The summed E-state index contributed by atoms with van der Waals surface area (Å²) in [6.07, 6.45) is 89.8. The molecule has 6 nitrogen and oxygen atoms in total. The lowest BCUT2D eigenvalue weighted by Gasteiger charge is -2.20. The summed E-state index contributed by atoms with van der Waals surface area (Å²) in [6, 6.07) is -0.628. The molecule has 0 rings (SSSR count). The van der Waals surface area contributed by atoms with Crippen LogP contribution in [0.5, 0.6) is 0 Å². The molecule has 3 N–H and O–H groups in total. The Hall–Kier alpha value is -1.66. The van der Waals surface area contributed by atoms with Crippen molar-refractivity contribution in [1.29, 1.82) is 0 Å². The van der Waals surface area contributed by atoms with Gasteiger partial charge in [0.2, 0.25) is 5.91 Å². The van der Waals surface area contributed by atoms with Crippen LogP contribution in [0.4, 0.5) is 0 Å². The van der Waals surface area contributed by atoms with E-state index in [0.717, 1.165) is 44.9 Å². The number of ether oxygens (including phenoxy) is 1. The second-order valence-electron chi connectivity index (χ2n) is 25.6. The van der Waals surface area contributed by atoms with E-state index in [4.69, 9.17) is 4.74 Å². The number of esters is 1. The summed E-state index contributed by atoms with van der Waals surface area (Å²) >= 11 is 0. The van der Waals surface area contributed by atoms with E-state index in [1.165, 1.54) is 347 Å². The zero-order chi connectivity index (χ0) is 58.5. The van der Waals surface area contributed by atoms with Crippen molar-refractivity contribution in [2.24, 2.45) is 0 Å².